The molecule has 2 saturated carbocycles. The second-order valence-corrected chi connectivity index (χ2v) is 25.0. The minimum atomic E-state index is -0.692. The Labute approximate surface area is 505 Å². The molecule has 7 amide bonds. The van der Waals surface area contributed by atoms with Crippen LogP contribution in [0.4, 0.5) is 0 Å². The minimum absolute atomic E-state index is 0.00199. The van der Waals surface area contributed by atoms with Crippen molar-refractivity contribution in [3.8, 4) is 11.1 Å². The molecule has 85 heavy (non-hydrogen) atoms. The largest absolute Gasteiger partial charge is 0.344 e. The summed E-state index contributed by atoms with van der Waals surface area (Å²) in [6.07, 6.45) is 11.8. The molecular weight excluding hydrogens is 1070 g/mol. The fourth-order valence-corrected chi connectivity index (χ4v) is 13.2. The van der Waals surface area contributed by atoms with Crippen LogP contribution in [-0.2, 0) is 41.6 Å². The molecule has 4 aliphatic rings. The number of piperazine rings is 2. The van der Waals surface area contributed by atoms with Crippen molar-refractivity contribution in [1.82, 2.24) is 34.7 Å². The summed E-state index contributed by atoms with van der Waals surface area (Å²) in [6, 6.07) is 33.1. The van der Waals surface area contributed by atoms with Gasteiger partial charge in [0.25, 0.3) is 11.8 Å². The summed E-state index contributed by atoms with van der Waals surface area (Å²) in [5.41, 5.74) is 4.74. The lowest BCUT2D eigenvalue weighted by Gasteiger charge is -2.45. The Hall–Kier alpha value is -7.16. The molecule has 2 heterocycles. The van der Waals surface area contributed by atoms with E-state index in [1.807, 2.05) is 152 Å². The van der Waals surface area contributed by atoms with E-state index in [-0.39, 0.29) is 103 Å². The van der Waals surface area contributed by atoms with Gasteiger partial charge >= 0.3 is 0 Å². The number of hydrogen-bond acceptors (Lipinski definition) is 8. The van der Waals surface area contributed by atoms with Gasteiger partial charge in [0.15, 0.2) is 0 Å². The molecule has 8 rings (SSSR count). The summed E-state index contributed by atoms with van der Waals surface area (Å²) in [6.45, 7) is 13.7. The topological polar surface area (TPSA) is 168 Å². The molecular formula is C70H93N7O8. The molecule has 2 aliphatic heterocycles. The van der Waals surface area contributed by atoms with E-state index in [0.717, 1.165) is 86.5 Å². The molecule has 0 spiro atoms. The van der Waals surface area contributed by atoms with E-state index in [1.165, 1.54) is 6.92 Å². The van der Waals surface area contributed by atoms with Crippen LogP contribution in [0.25, 0.3) is 11.1 Å². The molecule has 5 atom stereocenters. The molecule has 4 fully saturated rings. The van der Waals surface area contributed by atoms with E-state index in [4.69, 9.17) is 0 Å². The molecule has 0 bridgehead atoms. The lowest BCUT2D eigenvalue weighted by atomic mass is 9.76. The van der Waals surface area contributed by atoms with Gasteiger partial charge in [-0.05, 0) is 103 Å². The smallest absolute Gasteiger partial charge is 0.253 e. The number of amides is 7. The van der Waals surface area contributed by atoms with Crippen molar-refractivity contribution in [2.75, 3.05) is 65.4 Å². The predicted molar refractivity (Wildman–Crippen MR) is 332 cm³/mol. The standard InChI is InChI=1S/C70H93N7O8/c1-7-50(4)66(81)71-65(58-26-18-11-19-27-58)70(85)77-43-41-73(52(6)79)46-62(77)48-75(39-37-54-22-14-9-15-23-54)68(83)60-34-30-56(31-35-60)55-28-32-59(33-29-55)67(82)74(38-36-53-20-12-8-13-21-53)47-61-45-72(51(5)78)40-42-76(61)69(84)63(44-64(80)49(2)3)57-24-16-10-17-25-57/h8-9,12-15,20-23,28-35,49-50,57-58,61-63,65H,7,10-11,16-19,24-27,36-48H2,1-6H3,(H,71,81)/t50-,61+,62+,63+,65+/m1/s1. The number of carbonyl (C=O) groups is 8. The van der Waals surface area contributed by atoms with Gasteiger partial charge in [-0.1, -0.05) is 151 Å². The van der Waals surface area contributed by atoms with Gasteiger partial charge in [-0.3, -0.25) is 38.4 Å². The van der Waals surface area contributed by atoms with E-state index in [9.17, 15) is 38.4 Å². The molecule has 2 aliphatic carbocycles. The maximum absolute atomic E-state index is 15.0. The van der Waals surface area contributed by atoms with Gasteiger partial charge in [-0.15, -0.1) is 0 Å². The zero-order valence-electron chi connectivity index (χ0n) is 51.4. The second kappa shape index (κ2) is 30.8. The van der Waals surface area contributed by atoms with Crippen LogP contribution in [0.15, 0.2) is 109 Å². The van der Waals surface area contributed by atoms with Crippen LogP contribution in [0, 0.1) is 29.6 Å². The van der Waals surface area contributed by atoms with Gasteiger partial charge in [-0.2, -0.15) is 0 Å². The van der Waals surface area contributed by atoms with Crippen LogP contribution in [0.3, 0.4) is 0 Å². The fraction of sp³-hybridized carbons (Fsp3) is 0.543. The molecule has 1 N–H and O–H groups in total. The van der Waals surface area contributed by atoms with E-state index in [2.05, 4.69) is 5.32 Å². The number of ketones is 1. The first kappa shape index (κ1) is 63.9. The third kappa shape index (κ3) is 17.1. The monoisotopic (exact) mass is 1160 g/mol. The number of rotatable bonds is 23. The number of benzene rings is 4. The third-order valence-electron chi connectivity index (χ3n) is 18.8. The lowest BCUT2D eigenvalue weighted by Crippen LogP contribution is -2.64. The highest BCUT2D eigenvalue weighted by Crippen LogP contribution is 2.35. The van der Waals surface area contributed by atoms with Crippen molar-refractivity contribution < 1.29 is 38.4 Å². The van der Waals surface area contributed by atoms with Gasteiger partial charge in [0.2, 0.25) is 29.5 Å². The minimum Gasteiger partial charge on any atom is -0.344 e. The van der Waals surface area contributed by atoms with Crippen LogP contribution in [-0.4, -0.2) is 160 Å². The molecule has 15 heteroatoms. The van der Waals surface area contributed by atoms with Gasteiger partial charge in [0, 0.05) is 115 Å². The fourth-order valence-electron chi connectivity index (χ4n) is 13.2. The van der Waals surface area contributed by atoms with Crippen LogP contribution in [0.2, 0.25) is 0 Å². The first-order valence-electron chi connectivity index (χ1n) is 31.8. The van der Waals surface area contributed by atoms with E-state index in [0.29, 0.717) is 69.7 Å². The zero-order chi connectivity index (χ0) is 60.6. The van der Waals surface area contributed by atoms with Gasteiger partial charge in [-0.25, -0.2) is 0 Å². The Morgan fingerprint density at radius 3 is 1.36 bits per heavy atom. The Morgan fingerprint density at radius 2 is 0.953 bits per heavy atom. The van der Waals surface area contributed by atoms with Crippen LogP contribution < -0.4 is 5.32 Å². The maximum atomic E-state index is 15.0. The van der Waals surface area contributed by atoms with Crippen molar-refractivity contribution in [2.45, 2.75) is 150 Å². The predicted octanol–water partition coefficient (Wildman–Crippen LogP) is 9.76. The average Bonchev–Trinajstić information content (AvgIpc) is 3.32. The third-order valence-corrected chi connectivity index (χ3v) is 18.8. The summed E-state index contributed by atoms with van der Waals surface area (Å²) in [7, 11) is 0. The Kier molecular flexibility index (Phi) is 23.1. The van der Waals surface area contributed by atoms with Crippen molar-refractivity contribution in [1.29, 1.82) is 0 Å². The Bertz CT molecular complexity index is 2890. The normalized spacial score (nSPS) is 19.0. The molecule has 0 aromatic heterocycles. The van der Waals surface area contributed by atoms with Gasteiger partial charge in [0.1, 0.15) is 11.8 Å². The summed E-state index contributed by atoms with van der Waals surface area (Å²) in [4.78, 5) is 124. The van der Waals surface area contributed by atoms with Crippen molar-refractivity contribution in [3.63, 3.8) is 0 Å². The molecule has 15 nitrogen and oxygen atoms in total. The van der Waals surface area contributed by atoms with Crippen LogP contribution >= 0.6 is 0 Å². The van der Waals surface area contributed by atoms with Crippen molar-refractivity contribution >= 4 is 47.1 Å². The first-order valence-corrected chi connectivity index (χ1v) is 31.8. The average molecular weight is 1160 g/mol. The SMILES string of the molecule is CC[C@@H](C)C(=O)N[C@H](C(=O)N1CCN(C(C)=O)C[C@H]1CN(CCc1ccccc1)C(=O)c1ccc(-c2ccc(C(=O)N(CCc3ccccc3)C[C@@H]3CN(C(C)=O)CCN3C(=O)[C@@H](CC(=O)C(C)C)C3CCCCC3)cc2)cc1)C1CCCCC1. The maximum Gasteiger partial charge on any atom is 0.253 e. The molecule has 4 aromatic rings. The van der Waals surface area contributed by atoms with Crippen LogP contribution in [0.1, 0.15) is 150 Å². The first-order chi connectivity index (χ1) is 41.0. The number of Topliss-reactive ketones (excluding diaryl/α,β-unsaturated/α-hetero) is 1. The highest BCUT2D eigenvalue weighted by Gasteiger charge is 2.43. The summed E-state index contributed by atoms with van der Waals surface area (Å²) < 4.78 is 0. The Morgan fingerprint density at radius 1 is 0.529 bits per heavy atom. The highest BCUT2D eigenvalue weighted by atomic mass is 16.2. The molecule has 4 aromatic carbocycles. The summed E-state index contributed by atoms with van der Waals surface area (Å²) in [5, 5.41) is 3.18. The van der Waals surface area contributed by atoms with Crippen molar-refractivity contribution in [3.05, 3.63) is 131 Å². The Balaban J connectivity index is 1.03. The number of nitrogens with one attached hydrogen (secondary N) is 1. The van der Waals surface area contributed by atoms with Crippen LogP contribution in [0.5, 0.6) is 0 Å². The quantitative estimate of drug-likeness (QED) is 0.0766. The molecule has 2 saturated heterocycles. The van der Waals surface area contributed by atoms with Crippen molar-refractivity contribution in [2.24, 2.45) is 29.6 Å². The second-order valence-electron chi connectivity index (χ2n) is 25.0. The van der Waals surface area contributed by atoms with E-state index < -0.39 is 24.0 Å². The molecule has 0 unspecified atom stereocenters. The zero-order valence-corrected chi connectivity index (χ0v) is 51.4. The van der Waals surface area contributed by atoms with E-state index in [1.54, 1.807) is 21.6 Å². The summed E-state index contributed by atoms with van der Waals surface area (Å²) in [5.74, 6) is -1.61. The van der Waals surface area contributed by atoms with Gasteiger partial charge in [0.05, 0.1) is 12.1 Å². The number of hydrogen-bond donors (Lipinski definition) is 1. The lowest BCUT2D eigenvalue weighted by molar-refractivity contribution is -0.149. The molecule has 456 valence electrons. The summed E-state index contributed by atoms with van der Waals surface area (Å²) >= 11 is 0. The number of carbonyl (C=O) groups excluding carboxylic acids is 8. The number of nitrogens with zero attached hydrogens (tertiary/aromatic N) is 6. The highest BCUT2D eigenvalue weighted by molar-refractivity contribution is 5.96. The van der Waals surface area contributed by atoms with E-state index >= 15 is 0 Å². The molecule has 0 radical (unpaired) electrons. The van der Waals surface area contributed by atoms with Gasteiger partial charge < -0.3 is 34.7 Å².